The number of hydrogen-bond acceptors (Lipinski definition) is 4. The number of carbonyl (C=O) groups is 1. The summed E-state index contributed by atoms with van der Waals surface area (Å²) in [6.45, 7) is 0. The van der Waals surface area contributed by atoms with Crippen LogP contribution >= 0.6 is 23.4 Å². The second-order valence-electron chi connectivity index (χ2n) is 5.07. The highest BCUT2D eigenvalue weighted by Crippen LogP contribution is 2.16. The summed E-state index contributed by atoms with van der Waals surface area (Å²) in [5.41, 5.74) is 1.87. The van der Waals surface area contributed by atoms with Crippen LogP contribution in [0.2, 0.25) is 5.02 Å². The summed E-state index contributed by atoms with van der Waals surface area (Å²) in [7, 11) is 0. The molecule has 0 aliphatic heterocycles. The molecule has 0 unspecified atom stereocenters. The van der Waals surface area contributed by atoms with Crippen molar-refractivity contribution in [1.82, 2.24) is 15.2 Å². The number of H-pyrrole nitrogens is 1. The van der Waals surface area contributed by atoms with Crippen molar-refractivity contribution in [2.75, 3.05) is 11.1 Å². The van der Waals surface area contributed by atoms with Crippen LogP contribution in [0.4, 0.5) is 5.69 Å². The first-order valence-corrected chi connectivity index (χ1v) is 8.69. The van der Waals surface area contributed by atoms with Gasteiger partial charge in [0.1, 0.15) is 5.82 Å². The lowest BCUT2D eigenvalue weighted by atomic mass is 10.1. The molecular weight excluding hydrogens is 344 g/mol. The zero-order valence-electron chi connectivity index (χ0n) is 12.7. The van der Waals surface area contributed by atoms with Gasteiger partial charge in [-0.2, -0.15) is 0 Å². The number of rotatable bonds is 6. The summed E-state index contributed by atoms with van der Waals surface area (Å²) in [6.07, 6.45) is 0.686. The lowest BCUT2D eigenvalue weighted by molar-refractivity contribution is -0.113. The van der Waals surface area contributed by atoms with Crippen molar-refractivity contribution in [3.05, 3.63) is 71.0 Å². The Bertz CT molecular complexity index is 805. The second-order valence-corrected chi connectivity index (χ2v) is 6.45. The maximum Gasteiger partial charge on any atom is 0.234 e. The fraction of sp³-hybridized carbons (Fsp3) is 0.118. The lowest BCUT2D eigenvalue weighted by Crippen LogP contribution is -2.13. The average molecular weight is 359 g/mol. The molecule has 0 aliphatic carbocycles. The van der Waals surface area contributed by atoms with Crippen molar-refractivity contribution in [3.8, 4) is 0 Å². The minimum absolute atomic E-state index is 0.114. The van der Waals surface area contributed by atoms with E-state index in [-0.39, 0.29) is 11.7 Å². The third-order valence-electron chi connectivity index (χ3n) is 3.19. The number of nitrogens with zero attached hydrogens (tertiary/aromatic N) is 2. The molecular formula is C17H15ClN4OS. The summed E-state index contributed by atoms with van der Waals surface area (Å²) < 4.78 is 0. The van der Waals surface area contributed by atoms with Crippen molar-refractivity contribution >= 4 is 35.0 Å². The number of aromatic nitrogens is 3. The van der Waals surface area contributed by atoms with E-state index >= 15 is 0 Å². The number of amides is 1. The van der Waals surface area contributed by atoms with E-state index in [1.165, 1.54) is 11.8 Å². The molecule has 0 aliphatic rings. The van der Waals surface area contributed by atoms with Gasteiger partial charge in [0.25, 0.3) is 0 Å². The first-order chi connectivity index (χ1) is 11.7. The molecule has 3 aromatic rings. The van der Waals surface area contributed by atoms with E-state index in [1.807, 2.05) is 30.3 Å². The second kappa shape index (κ2) is 7.99. The molecule has 1 heterocycles. The van der Waals surface area contributed by atoms with Crippen LogP contribution in [0.15, 0.2) is 59.8 Å². The maximum atomic E-state index is 11.9. The van der Waals surface area contributed by atoms with Crippen molar-refractivity contribution in [2.24, 2.45) is 0 Å². The van der Waals surface area contributed by atoms with E-state index in [2.05, 4.69) is 20.5 Å². The molecule has 2 aromatic carbocycles. The Morgan fingerprint density at radius 2 is 1.88 bits per heavy atom. The van der Waals surface area contributed by atoms with Gasteiger partial charge in [-0.15, -0.1) is 5.10 Å². The highest BCUT2D eigenvalue weighted by molar-refractivity contribution is 7.99. The predicted molar refractivity (Wildman–Crippen MR) is 96.4 cm³/mol. The van der Waals surface area contributed by atoms with Crippen LogP contribution in [0.1, 0.15) is 11.4 Å². The van der Waals surface area contributed by atoms with Gasteiger partial charge in [-0.1, -0.05) is 53.7 Å². The fourth-order valence-corrected chi connectivity index (χ4v) is 2.81. The topological polar surface area (TPSA) is 70.7 Å². The molecule has 1 amide bonds. The Hall–Kier alpha value is -2.31. The van der Waals surface area contributed by atoms with Gasteiger partial charge in [-0.05, 0) is 29.8 Å². The smallest absolute Gasteiger partial charge is 0.234 e. The van der Waals surface area contributed by atoms with Gasteiger partial charge in [0.05, 0.1) is 5.75 Å². The van der Waals surface area contributed by atoms with Crippen molar-refractivity contribution < 1.29 is 4.79 Å². The molecule has 7 heteroatoms. The van der Waals surface area contributed by atoms with E-state index in [4.69, 9.17) is 11.6 Å². The van der Waals surface area contributed by atoms with Gasteiger partial charge in [0.2, 0.25) is 11.1 Å². The molecule has 122 valence electrons. The van der Waals surface area contributed by atoms with Gasteiger partial charge in [-0.25, -0.2) is 4.98 Å². The Morgan fingerprint density at radius 3 is 2.62 bits per heavy atom. The van der Waals surface area contributed by atoms with E-state index in [0.717, 1.165) is 11.4 Å². The van der Waals surface area contributed by atoms with Gasteiger partial charge >= 0.3 is 0 Å². The monoisotopic (exact) mass is 358 g/mol. The van der Waals surface area contributed by atoms with Gasteiger partial charge in [-0.3, -0.25) is 9.89 Å². The molecule has 0 atom stereocenters. The standard InChI is InChI=1S/C17H15ClN4OS/c18-13-6-8-14(9-7-13)19-16(23)11-24-17-20-15(21-22-17)10-12-4-2-1-3-5-12/h1-9H,10-11H2,(H,19,23)(H,20,21,22). The number of aromatic amines is 1. The van der Waals surface area contributed by atoms with Gasteiger partial charge < -0.3 is 5.32 Å². The SMILES string of the molecule is O=C(CSc1n[nH]c(Cc2ccccc2)n1)Nc1ccc(Cl)cc1. The first kappa shape index (κ1) is 16.5. The summed E-state index contributed by atoms with van der Waals surface area (Å²) >= 11 is 7.10. The zero-order chi connectivity index (χ0) is 16.8. The average Bonchev–Trinajstić information content (AvgIpc) is 3.03. The number of benzene rings is 2. The van der Waals surface area contributed by atoms with Crippen LogP contribution in [-0.4, -0.2) is 26.8 Å². The Labute approximate surface area is 148 Å². The van der Waals surface area contributed by atoms with E-state index in [0.29, 0.717) is 22.3 Å². The lowest BCUT2D eigenvalue weighted by Gasteiger charge is -2.03. The summed E-state index contributed by atoms with van der Waals surface area (Å²) in [5, 5.41) is 11.0. The molecule has 24 heavy (non-hydrogen) atoms. The van der Waals surface area contributed by atoms with Crippen molar-refractivity contribution in [1.29, 1.82) is 0 Å². The maximum absolute atomic E-state index is 11.9. The molecule has 0 spiro atoms. The van der Waals surface area contributed by atoms with Crippen LogP contribution < -0.4 is 5.32 Å². The Kier molecular flexibility index (Phi) is 5.51. The molecule has 0 radical (unpaired) electrons. The van der Waals surface area contributed by atoms with Crippen LogP contribution in [-0.2, 0) is 11.2 Å². The quantitative estimate of drug-likeness (QED) is 0.658. The minimum Gasteiger partial charge on any atom is -0.325 e. The van der Waals surface area contributed by atoms with Crippen LogP contribution in [0.5, 0.6) is 0 Å². The van der Waals surface area contributed by atoms with Gasteiger partial charge in [0.15, 0.2) is 0 Å². The minimum atomic E-state index is -0.114. The van der Waals surface area contributed by atoms with E-state index < -0.39 is 0 Å². The third kappa shape index (κ3) is 4.84. The molecule has 0 saturated heterocycles. The molecule has 3 rings (SSSR count). The molecule has 1 aromatic heterocycles. The highest BCUT2D eigenvalue weighted by Gasteiger charge is 2.08. The summed E-state index contributed by atoms with van der Waals surface area (Å²) in [5.74, 6) is 0.907. The normalized spacial score (nSPS) is 10.5. The predicted octanol–water partition coefficient (Wildman–Crippen LogP) is 3.78. The number of halogens is 1. The van der Waals surface area contributed by atoms with Crippen molar-refractivity contribution in [3.63, 3.8) is 0 Å². The number of thioether (sulfide) groups is 1. The third-order valence-corrected chi connectivity index (χ3v) is 4.29. The van der Waals surface area contributed by atoms with E-state index in [9.17, 15) is 4.79 Å². The number of nitrogens with one attached hydrogen (secondary N) is 2. The molecule has 2 N–H and O–H groups in total. The number of carbonyl (C=O) groups excluding carboxylic acids is 1. The zero-order valence-corrected chi connectivity index (χ0v) is 14.3. The number of anilines is 1. The Balaban J connectivity index is 1.50. The fourth-order valence-electron chi connectivity index (χ4n) is 2.07. The van der Waals surface area contributed by atoms with Crippen LogP contribution in [0, 0.1) is 0 Å². The molecule has 0 bridgehead atoms. The van der Waals surface area contributed by atoms with Crippen molar-refractivity contribution in [2.45, 2.75) is 11.6 Å². The van der Waals surface area contributed by atoms with Gasteiger partial charge in [0, 0.05) is 17.1 Å². The van der Waals surface area contributed by atoms with Crippen LogP contribution in [0.3, 0.4) is 0 Å². The number of hydrogen-bond donors (Lipinski definition) is 2. The molecule has 5 nitrogen and oxygen atoms in total. The highest BCUT2D eigenvalue weighted by atomic mass is 35.5. The molecule has 0 saturated carbocycles. The Morgan fingerprint density at radius 1 is 1.12 bits per heavy atom. The largest absolute Gasteiger partial charge is 0.325 e. The molecule has 0 fully saturated rings. The summed E-state index contributed by atoms with van der Waals surface area (Å²) in [4.78, 5) is 16.3. The first-order valence-electron chi connectivity index (χ1n) is 7.32. The van der Waals surface area contributed by atoms with Crippen LogP contribution in [0.25, 0.3) is 0 Å². The van der Waals surface area contributed by atoms with E-state index in [1.54, 1.807) is 24.3 Å². The summed E-state index contributed by atoms with van der Waals surface area (Å²) in [6, 6.07) is 17.0.